The van der Waals surface area contributed by atoms with E-state index in [4.69, 9.17) is 5.73 Å². The number of carbonyl (C=O) groups is 1. The highest BCUT2D eigenvalue weighted by Crippen LogP contribution is 2.37. The predicted molar refractivity (Wildman–Crippen MR) is 144 cm³/mol. The summed E-state index contributed by atoms with van der Waals surface area (Å²) in [5.41, 5.74) is 10.7. The Labute approximate surface area is 216 Å². The van der Waals surface area contributed by atoms with Crippen LogP contribution < -0.4 is 5.73 Å². The van der Waals surface area contributed by atoms with Gasteiger partial charge in [-0.2, -0.15) is 11.3 Å². The number of hydrogen-bond acceptors (Lipinski definition) is 6. The molecule has 1 amide bonds. The molecule has 0 unspecified atom stereocenters. The van der Waals surface area contributed by atoms with Crippen molar-refractivity contribution in [1.29, 1.82) is 0 Å². The van der Waals surface area contributed by atoms with Crippen molar-refractivity contribution in [3.05, 3.63) is 46.3 Å². The van der Waals surface area contributed by atoms with Gasteiger partial charge in [0.05, 0.1) is 18.3 Å². The average molecular weight is 531 g/mol. The first-order chi connectivity index (χ1) is 17.3. The van der Waals surface area contributed by atoms with Crippen LogP contribution in [-0.2, 0) is 21.2 Å². The molecule has 0 bridgehead atoms. The lowest BCUT2D eigenvalue weighted by Crippen LogP contribution is -2.43. The monoisotopic (exact) mass is 530 g/mol. The normalized spacial score (nSPS) is 19.2. The maximum Gasteiger partial charge on any atom is 0.221 e. The van der Waals surface area contributed by atoms with Crippen molar-refractivity contribution in [3.8, 4) is 11.1 Å². The van der Waals surface area contributed by atoms with Crippen LogP contribution in [0.1, 0.15) is 42.7 Å². The van der Waals surface area contributed by atoms with Crippen LogP contribution in [0.15, 0.2) is 35.2 Å². The number of nitrogens with one attached hydrogen (secondary N) is 1. The number of H-pyrrole nitrogens is 1. The number of piperidine rings is 2. The van der Waals surface area contributed by atoms with Gasteiger partial charge < -0.3 is 20.7 Å². The van der Waals surface area contributed by atoms with Crippen molar-refractivity contribution in [1.82, 2.24) is 14.2 Å². The Kier molecular flexibility index (Phi) is 7.50. The number of carbonyl (C=O) groups excluding carboxylic acids is 1. The van der Waals surface area contributed by atoms with Crippen LogP contribution in [-0.4, -0.2) is 78.2 Å². The first kappa shape index (κ1) is 25.4. The summed E-state index contributed by atoms with van der Waals surface area (Å²) in [7, 11) is -3.32. The Bertz CT molecular complexity index is 1300. The number of aliphatic hydroxyl groups is 1. The molecule has 36 heavy (non-hydrogen) atoms. The fourth-order valence-corrected chi connectivity index (χ4v) is 7.73. The number of aromatic nitrogens is 1. The van der Waals surface area contributed by atoms with Gasteiger partial charge in [-0.05, 0) is 82.8 Å². The Morgan fingerprint density at radius 1 is 1.11 bits per heavy atom. The molecule has 2 fully saturated rings. The maximum absolute atomic E-state index is 13.0. The molecule has 4 N–H and O–H groups in total. The minimum atomic E-state index is -3.32. The molecule has 0 radical (unpaired) electrons. The van der Waals surface area contributed by atoms with E-state index in [1.807, 2.05) is 17.6 Å². The van der Waals surface area contributed by atoms with E-state index in [0.717, 1.165) is 53.5 Å². The van der Waals surface area contributed by atoms with E-state index in [0.29, 0.717) is 32.5 Å². The van der Waals surface area contributed by atoms with E-state index in [1.54, 1.807) is 15.6 Å². The fraction of sp³-hybridized carbons (Fsp3) is 0.500. The molecular weight excluding hydrogens is 496 g/mol. The van der Waals surface area contributed by atoms with Gasteiger partial charge in [0.15, 0.2) is 0 Å². The molecule has 8 nitrogen and oxygen atoms in total. The molecule has 194 valence electrons. The number of nitrogens with zero attached hydrogens (tertiary/aromatic N) is 2. The molecule has 0 spiro atoms. The summed E-state index contributed by atoms with van der Waals surface area (Å²) in [6.07, 6.45) is 4.88. The summed E-state index contributed by atoms with van der Waals surface area (Å²) < 4.78 is 27.7. The standard InChI is InChI=1S/C26H34N4O4S2/c27-25(32)15-21-13-20(19-5-11-35-17-19)14-23-24(16-28-26(21)23)18-1-8-30(9-2-18)36(33,34)12-10-29-6-3-22(31)4-7-29/h5,11,13-14,16-18,22,28,31H,1-4,6-10,12,15H2,(H2,27,32). The number of thiophene rings is 1. The minimum Gasteiger partial charge on any atom is -0.393 e. The molecule has 0 atom stereocenters. The van der Waals surface area contributed by atoms with E-state index in [-0.39, 0.29) is 30.1 Å². The van der Waals surface area contributed by atoms with Crippen LogP contribution in [0.25, 0.3) is 22.0 Å². The molecule has 4 heterocycles. The Morgan fingerprint density at radius 3 is 2.53 bits per heavy atom. The number of primary amides is 1. The minimum absolute atomic E-state index is 0.126. The number of rotatable bonds is 8. The first-order valence-corrected chi connectivity index (χ1v) is 15.2. The Balaban J connectivity index is 1.30. The van der Waals surface area contributed by atoms with E-state index in [1.165, 1.54) is 5.56 Å². The zero-order valence-electron chi connectivity index (χ0n) is 20.4. The zero-order chi connectivity index (χ0) is 25.3. The fourth-order valence-electron chi connectivity index (χ4n) is 5.55. The van der Waals surface area contributed by atoms with Crippen LogP contribution in [0.5, 0.6) is 0 Å². The summed E-state index contributed by atoms with van der Waals surface area (Å²) in [6, 6.07) is 6.28. The van der Waals surface area contributed by atoms with Crippen LogP contribution in [0.3, 0.4) is 0 Å². The third-order valence-corrected chi connectivity index (χ3v) is 10.2. The highest BCUT2D eigenvalue weighted by Gasteiger charge is 2.30. The maximum atomic E-state index is 13.0. The number of fused-ring (bicyclic) bond motifs is 1. The highest BCUT2D eigenvalue weighted by atomic mass is 32.2. The lowest BCUT2D eigenvalue weighted by atomic mass is 9.88. The lowest BCUT2D eigenvalue weighted by Gasteiger charge is -2.33. The second-order valence-corrected chi connectivity index (χ2v) is 12.9. The van der Waals surface area contributed by atoms with E-state index < -0.39 is 10.0 Å². The van der Waals surface area contributed by atoms with E-state index in [9.17, 15) is 18.3 Å². The summed E-state index contributed by atoms with van der Waals surface area (Å²) >= 11 is 1.63. The van der Waals surface area contributed by atoms with Gasteiger partial charge in [0, 0.05) is 49.8 Å². The molecule has 5 rings (SSSR count). The van der Waals surface area contributed by atoms with E-state index >= 15 is 0 Å². The van der Waals surface area contributed by atoms with Gasteiger partial charge in [-0.1, -0.05) is 0 Å². The third kappa shape index (κ3) is 5.52. The van der Waals surface area contributed by atoms with Crippen molar-refractivity contribution in [2.24, 2.45) is 5.73 Å². The Hall–Kier alpha value is -2.24. The number of hydrogen-bond donors (Lipinski definition) is 3. The summed E-state index contributed by atoms with van der Waals surface area (Å²) in [5.74, 6) is 0.00326. The number of nitrogens with two attached hydrogens (primary N) is 1. The quantitative estimate of drug-likeness (QED) is 0.414. The van der Waals surface area contributed by atoms with Crippen LogP contribution in [0.4, 0.5) is 0 Å². The van der Waals surface area contributed by atoms with Gasteiger partial charge in [0.2, 0.25) is 15.9 Å². The molecule has 2 saturated heterocycles. The average Bonchev–Trinajstić information content (AvgIpc) is 3.54. The lowest BCUT2D eigenvalue weighted by molar-refractivity contribution is -0.117. The number of aliphatic hydroxyl groups excluding tert-OH is 1. The highest BCUT2D eigenvalue weighted by molar-refractivity contribution is 7.89. The molecular formula is C26H34N4O4S2. The SMILES string of the molecule is NC(=O)Cc1cc(-c2ccsc2)cc2c(C3CCN(S(=O)(=O)CCN4CCC(O)CC4)CC3)c[nH]c12. The number of benzene rings is 1. The Morgan fingerprint density at radius 2 is 1.86 bits per heavy atom. The number of aromatic amines is 1. The first-order valence-electron chi connectivity index (χ1n) is 12.6. The number of likely N-dealkylation sites (tertiary alicyclic amines) is 1. The van der Waals surface area contributed by atoms with Crippen molar-refractivity contribution in [2.75, 3.05) is 38.5 Å². The van der Waals surface area contributed by atoms with Crippen molar-refractivity contribution < 1.29 is 18.3 Å². The van der Waals surface area contributed by atoms with Gasteiger partial charge in [-0.15, -0.1) is 0 Å². The van der Waals surface area contributed by atoms with Gasteiger partial charge in [0.1, 0.15) is 0 Å². The van der Waals surface area contributed by atoms with Crippen LogP contribution >= 0.6 is 11.3 Å². The molecule has 10 heteroatoms. The number of amides is 1. The van der Waals surface area contributed by atoms with Crippen molar-refractivity contribution in [2.45, 2.75) is 44.1 Å². The number of sulfonamides is 1. The molecule has 2 aliphatic rings. The second kappa shape index (κ2) is 10.6. The summed E-state index contributed by atoms with van der Waals surface area (Å²) in [5, 5.41) is 14.9. The third-order valence-electron chi connectivity index (χ3n) is 7.63. The van der Waals surface area contributed by atoms with E-state index in [2.05, 4.69) is 27.4 Å². The van der Waals surface area contributed by atoms with Gasteiger partial charge in [0.25, 0.3) is 0 Å². The van der Waals surface area contributed by atoms with Gasteiger partial charge >= 0.3 is 0 Å². The zero-order valence-corrected chi connectivity index (χ0v) is 22.0. The smallest absolute Gasteiger partial charge is 0.221 e. The molecule has 0 saturated carbocycles. The van der Waals surface area contributed by atoms with Crippen LogP contribution in [0, 0.1) is 0 Å². The topological polar surface area (TPSA) is 120 Å². The molecule has 1 aromatic carbocycles. The summed E-state index contributed by atoms with van der Waals surface area (Å²) in [4.78, 5) is 17.3. The molecule has 3 aromatic rings. The second-order valence-electron chi connectivity index (χ2n) is 10.0. The van der Waals surface area contributed by atoms with Gasteiger partial charge in [-0.3, -0.25) is 4.79 Å². The van der Waals surface area contributed by atoms with Crippen molar-refractivity contribution >= 4 is 38.2 Å². The summed E-state index contributed by atoms with van der Waals surface area (Å²) in [6.45, 7) is 3.05. The molecule has 2 aliphatic heterocycles. The predicted octanol–water partition coefficient (Wildman–Crippen LogP) is 2.89. The van der Waals surface area contributed by atoms with Crippen molar-refractivity contribution in [3.63, 3.8) is 0 Å². The largest absolute Gasteiger partial charge is 0.393 e. The van der Waals surface area contributed by atoms with Crippen LogP contribution in [0.2, 0.25) is 0 Å². The van der Waals surface area contributed by atoms with Gasteiger partial charge in [-0.25, -0.2) is 12.7 Å². The molecule has 2 aromatic heterocycles. The molecule has 0 aliphatic carbocycles.